The lowest BCUT2D eigenvalue weighted by Crippen LogP contribution is -2.29. The summed E-state index contributed by atoms with van der Waals surface area (Å²) >= 11 is 0. The molecule has 1 aromatic rings. The number of hydrogen-bond acceptors (Lipinski definition) is 3. The minimum atomic E-state index is -0.224. The van der Waals surface area contributed by atoms with Gasteiger partial charge in [-0.25, -0.2) is 0 Å². The Hall–Kier alpha value is -1.55. The Labute approximate surface area is 107 Å². The average molecular weight is 248 g/mol. The zero-order chi connectivity index (χ0) is 13.3. The highest BCUT2D eigenvalue weighted by atomic mass is 16.3. The predicted octanol–water partition coefficient (Wildman–Crippen LogP) is 1.57. The van der Waals surface area contributed by atoms with Gasteiger partial charge in [-0.3, -0.25) is 9.69 Å². The Morgan fingerprint density at radius 2 is 2.28 bits per heavy atom. The molecule has 1 aliphatic rings. The Bertz CT molecular complexity index is 459. The predicted molar refractivity (Wildman–Crippen MR) is 70.1 cm³/mol. The van der Waals surface area contributed by atoms with Crippen molar-refractivity contribution in [1.29, 1.82) is 0 Å². The molecule has 4 heteroatoms. The van der Waals surface area contributed by atoms with Crippen molar-refractivity contribution in [2.24, 2.45) is 11.7 Å². The summed E-state index contributed by atoms with van der Waals surface area (Å²) in [5, 5.41) is 9.92. The van der Waals surface area contributed by atoms with Crippen LogP contribution >= 0.6 is 0 Å². The third-order valence-corrected chi connectivity index (χ3v) is 3.80. The van der Waals surface area contributed by atoms with E-state index in [1.807, 2.05) is 19.1 Å². The number of benzene rings is 1. The van der Waals surface area contributed by atoms with Crippen molar-refractivity contribution in [3.8, 4) is 5.75 Å². The van der Waals surface area contributed by atoms with E-state index in [-0.39, 0.29) is 17.9 Å². The molecule has 1 aromatic carbocycles. The highest BCUT2D eigenvalue weighted by Crippen LogP contribution is 2.32. The van der Waals surface area contributed by atoms with Crippen LogP contribution in [0.4, 0.5) is 0 Å². The molecule has 0 bridgehead atoms. The summed E-state index contributed by atoms with van der Waals surface area (Å²) in [6.45, 7) is 5.59. The Morgan fingerprint density at radius 3 is 2.89 bits per heavy atom. The summed E-state index contributed by atoms with van der Waals surface area (Å²) in [6.07, 6.45) is 0.812. The summed E-state index contributed by atoms with van der Waals surface area (Å²) in [5.41, 5.74) is 7.38. The fourth-order valence-corrected chi connectivity index (χ4v) is 2.58. The molecule has 0 aromatic heterocycles. The standard InChI is InChI=1S/C14H20N2O2/c1-9-3-4-13(17)12(7-9)10(2)16-6-5-11(8-16)14(15)18/h3-4,7,10-11,17H,5-6,8H2,1-2H3,(H2,15,18). The van der Waals surface area contributed by atoms with Gasteiger partial charge in [-0.2, -0.15) is 0 Å². The number of phenols is 1. The zero-order valence-electron chi connectivity index (χ0n) is 10.9. The topological polar surface area (TPSA) is 66.6 Å². The van der Waals surface area contributed by atoms with Crippen molar-refractivity contribution >= 4 is 5.91 Å². The molecule has 1 fully saturated rings. The van der Waals surface area contributed by atoms with Crippen LogP contribution in [0, 0.1) is 12.8 Å². The van der Waals surface area contributed by atoms with Gasteiger partial charge in [-0.05, 0) is 32.9 Å². The number of carbonyl (C=O) groups excluding carboxylic acids is 1. The smallest absolute Gasteiger partial charge is 0.221 e. The van der Waals surface area contributed by atoms with Crippen LogP contribution in [0.3, 0.4) is 0 Å². The number of rotatable bonds is 3. The van der Waals surface area contributed by atoms with Crippen LogP contribution < -0.4 is 5.73 Å². The van der Waals surface area contributed by atoms with E-state index in [0.29, 0.717) is 12.3 Å². The highest BCUT2D eigenvalue weighted by molar-refractivity contribution is 5.77. The van der Waals surface area contributed by atoms with Crippen LogP contribution in [0.5, 0.6) is 5.75 Å². The number of nitrogens with two attached hydrogens (primary N) is 1. The first-order valence-electron chi connectivity index (χ1n) is 6.32. The second-order valence-corrected chi connectivity index (χ2v) is 5.12. The Balaban J connectivity index is 2.15. The first-order valence-corrected chi connectivity index (χ1v) is 6.32. The lowest BCUT2D eigenvalue weighted by atomic mass is 10.0. The molecule has 0 saturated carbocycles. The number of primary amides is 1. The van der Waals surface area contributed by atoms with Crippen LogP contribution in [-0.2, 0) is 4.79 Å². The van der Waals surface area contributed by atoms with Crippen LogP contribution in [0.25, 0.3) is 0 Å². The van der Waals surface area contributed by atoms with Crippen molar-refractivity contribution in [3.63, 3.8) is 0 Å². The summed E-state index contributed by atoms with van der Waals surface area (Å²) < 4.78 is 0. The van der Waals surface area contributed by atoms with Gasteiger partial charge in [0.1, 0.15) is 5.75 Å². The van der Waals surface area contributed by atoms with Crippen molar-refractivity contribution in [3.05, 3.63) is 29.3 Å². The average Bonchev–Trinajstić information content (AvgIpc) is 2.81. The van der Waals surface area contributed by atoms with Gasteiger partial charge in [0.2, 0.25) is 5.91 Å². The largest absolute Gasteiger partial charge is 0.508 e. The van der Waals surface area contributed by atoms with E-state index in [2.05, 4.69) is 11.8 Å². The monoisotopic (exact) mass is 248 g/mol. The fraction of sp³-hybridized carbons (Fsp3) is 0.500. The second-order valence-electron chi connectivity index (χ2n) is 5.12. The molecule has 1 saturated heterocycles. The number of aromatic hydroxyl groups is 1. The van der Waals surface area contributed by atoms with Gasteiger partial charge in [0, 0.05) is 18.2 Å². The van der Waals surface area contributed by atoms with Crippen LogP contribution in [-0.4, -0.2) is 29.0 Å². The molecule has 2 unspecified atom stereocenters. The summed E-state index contributed by atoms with van der Waals surface area (Å²) in [4.78, 5) is 13.4. The van der Waals surface area contributed by atoms with E-state index in [9.17, 15) is 9.90 Å². The number of amides is 1. The third-order valence-electron chi connectivity index (χ3n) is 3.80. The van der Waals surface area contributed by atoms with Gasteiger partial charge in [-0.15, -0.1) is 0 Å². The van der Waals surface area contributed by atoms with Crippen LogP contribution in [0.2, 0.25) is 0 Å². The van der Waals surface area contributed by atoms with E-state index in [4.69, 9.17) is 5.73 Å². The Morgan fingerprint density at radius 1 is 1.56 bits per heavy atom. The van der Waals surface area contributed by atoms with Gasteiger partial charge >= 0.3 is 0 Å². The van der Waals surface area contributed by atoms with Crippen molar-refractivity contribution in [2.75, 3.05) is 13.1 Å². The van der Waals surface area contributed by atoms with Crippen molar-refractivity contribution < 1.29 is 9.90 Å². The van der Waals surface area contributed by atoms with E-state index < -0.39 is 0 Å². The van der Waals surface area contributed by atoms with E-state index in [1.54, 1.807) is 6.07 Å². The number of likely N-dealkylation sites (tertiary alicyclic amines) is 1. The number of aryl methyl sites for hydroxylation is 1. The minimum absolute atomic E-state index is 0.0561. The SMILES string of the molecule is Cc1ccc(O)c(C(C)N2CCC(C(N)=O)C2)c1. The van der Waals surface area contributed by atoms with E-state index in [0.717, 1.165) is 24.1 Å². The van der Waals surface area contributed by atoms with E-state index in [1.165, 1.54) is 0 Å². The molecular formula is C14H20N2O2. The summed E-state index contributed by atoms with van der Waals surface area (Å²) in [7, 11) is 0. The molecule has 0 radical (unpaired) electrons. The highest BCUT2D eigenvalue weighted by Gasteiger charge is 2.30. The molecule has 1 amide bonds. The van der Waals surface area contributed by atoms with Crippen molar-refractivity contribution in [2.45, 2.75) is 26.3 Å². The quantitative estimate of drug-likeness (QED) is 0.853. The van der Waals surface area contributed by atoms with Crippen molar-refractivity contribution in [1.82, 2.24) is 4.90 Å². The summed E-state index contributed by atoms with van der Waals surface area (Å²) in [6, 6.07) is 5.72. The number of hydrogen-bond donors (Lipinski definition) is 2. The minimum Gasteiger partial charge on any atom is -0.508 e. The maximum atomic E-state index is 11.2. The first kappa shape index (κ1) is 12.9. The molecule has 0 aliphatic carbocycles. The van der Waals surface area contributed by atoms with Gasteiger partial charge in [0.05, 0.1) is 5.92 Å². The fourth-order valence-electron chi connectivity index (χ4n) is 2.58. The number of nitrogens with zero attached hydrogens (tertiary/aromatic N) is 1. The molecule has 3 N–H and O–H groups in total. The lowest BCUT2D eigenvalue weighted by Gasteiger charge is -2.25. The van der Waals surface area contributed by atoms with Gasteiger partial charge in [-0.1, -0.05) is 17.7 Å². The molecule has 1 heterocycles. The zero-order valence-corrected chi connectivity index (χ0v) is 10.9. The molecular weight excluding hydrogens is 228 g/mol. The summed E-state index contributed by atoms with van der Waals surface area (Å²) in [5.74, 6) is 0.0354. The normalized spacial score (nSPS) is 22.0. The Kier molecular flexibility index (Phi) is 3.57. The maximum absolute atomic E-state index is 11.2. The number of carbonyl (C=O) groups is 1. The molecule has 98 valence electrons. The van der Waals surface area contributed by atoms with Crippen LogP contribution in [0.1, 0.15) is 30.5 Å². The van der Waals surface area contributed by atoms with Gasteiger partial charge in [0.25, 0.3) is 0 Å². The maximum Gasteiger partial charge on any atom is 0.221 e. The molecule has 18 heavy (non-hydrogen) atoms. The number of phenolic OH excluding ortho intramolecular Hbond substituents is 1. The lowest BCUT2D eigenvalue weighted by molar-refractivity contribution is -0.121. The second kappa shape index (κ2) is 4.98. The first-order chi connectivity index (χ1) is 8.49. The van der Waals surface area contributed by atoms with E-state index >= 15 is 0 Å². The molecule has 4 nitrogen and oxygen atoms in total. The van der Waals surface area contributed by atoms with Gasteiger partial charge in [0.15, 0.2) is 0 Å². The molecule has 0 spiro atoms. The molecule has 2 atom stereocenters. The molecule has 2 rings (SSSR count). The third kappa shape index (κ3) is 2.48. The van der Waals surface area contributed by atoms with Gasteiger partial charge < -0.3 is 10.8 Å². The molecule has 1 aliphatic heterocycles. The van der Waals surface area contributed by atoms with Crippen LogP contribution in [0.15, 0.2) is 18.2 Å².